The zero-order valence-corrected chi connectivity index (χ0v) is 22.7. The van der Waals surface area contributed by atoms with Crippen LogP contribution >= 0.6 is 0 Å². The SMILES string of the molecule is CC(=O)OC[C@H]1O[C@@H](O[C@H]2[C@H]([C@@H](C=O)OC(C)=O)OC[C@@H]2OC(C)=O)[C@H](OC(C)=O)[C@@H](OC(C)=O)[C@H]1OC(C)=O. The summed E-state index contributed by atoms with van der Waals surface area (Å²) in [5.41, 5.74) is 0. The summed E-state index contributed by atoms with van der Waals surface area (Å²) >= 11 is 0. The molecule has 224 valence electrons. The molecule has 0 aromatic heterocycles. The van der Waals surface area contributed by atoms with Gasteiger partial charge >= 0.3 is 35.8 Å². The van der Waals surface area contributed by atoms with Gasteiger partial charge in [0.2, 0.25) is 0 Å². The van der Waals surface area contributed by atoms with Crippen LogP contribution in [0.4, 0.5) is 0 Å². The minimum Gasteiger partial charge on any atom is -0.463 e. The Bertz CT molecular complexity index is 978. The van der Waals surface area contributed by atoms with Crippen LogP contribution < -0.4 is 0 Å². The Morgan fingerprint density at radius 1 is 0.725 bits per heavy atom. The van der Waals surface area contributed by atoms with E-state index in [1.54, 1.807) is 0 Å². The lowest BCUT2D eigenvalue weighted by Crippen LogP contribution is -2.64. The summed E-state index contributed by atoms with van der Waals surface area (Å²) in [6.45, 7) is 5.64. The number of hydrogen-bond donors (Lipinski definition) is 0. The van der Waals surface area contributed by atoms with Gasteiger partial charge in [-0.25, -0.2) is 0 Å². The minimum absolute atomic E-state index is 0.283. The Morgan fingerprint density at radius 3 is 1.77 bits per heavy atom. The molecule has 0 bridgehead atoms. The molecule has 0 aromatic carbocycles. The topological polar surface area (TPSA) is 203 Å². The zero-order valence-electron chi connectivity index (χ0n) is 22.7. The second-order valence-electron chi connectivity index (χ2n) is 8.82. The Labute approximate surface area is 228 Å². The highest BCUT2D eigenvalue weighted by molar-refractivity contribution is 5.71. The maximum atomic E-state index is 12.1. The molecule has 0 aromatic rings. The molecular weight excluding hydrogens is 544 g/mol. The zero-order chi connectivity index (χ0) is 30.1. The maximum Gasteiger partial charge on any atom is 0.303 e. The van der Waals surface area contributed by atoms with Crippen molar-refractivity contribution in [3.63, 3.8) is 0 Å². The summed E-state index contributed by atoms with van der Waals surface area (Å²) in [4.78, 5) is 82.5. The standard InChI is InChI=1S/C24H32O16/c1-10(26)32-8-18-21(36-13(4)29)22(37-14(5)30)23(38-15(6)31)24(39-18)40-20-17(35-12(3)28)9-33-19(20)16(7-25)34-11(2)27/h7,16-24H,8-9H2,1-6H3/t16-,17+,18-,19+,20-,21+,22+,23-,24+/m1/s1. The van der Waals surface area contributed by atoms with E-state index in [0.717, 1.165) is 41.5 Å². The van der Waals surface area contributed by atoms with Crippen molar-refractivity contribution in [2.75, 3.05) is 13.2 Å². The van der Waals surface area contributed by atoms with E-state index in [2.05, 4.69) is 0 Å². The van der Waals surface area contributed by atoms with Crippen molar-refractivity contribution < 1.29 is 76.2 Å². The van der Waals surface area contributed by atoms with Gasteiger partial charge in [-0.1, -0.05) is 0 Å². The molecule has 2 saturated heterocycles. The molecule has 0 N–H and O–H groups in total. The third-order valence-electron chi connectivity index (χ3n) is 5.46. The lowest BCUT2D eigenvalue weighted by atomic mass is 9.97. The number of rotatable bonds is 11. The first-order chi connectivity index (χ1) is 18.7. The number of esters is 6. The van der Waals surface area contributed by atoms with Crippen LogP contribution in [0.1, 0.15) is 41.5 Å². The van der Waals surface area contributed by atoms with E-state index >= 15 is 0 Å². The van der Waals surface area contributed by atoms with Gasteiger partial charge in [-0.15, -0.1) is 0 Å². The normalized spacial score (nSPS) is 30.2. The molecule has 0 unspecified atom stereocenters. The number of carbonyl (C=O) groups is 7. The van der Waals surface area contributed by atoms with Gasteiger partial charge in [0, 0.05) is 41.5 Å². The summed E-state index contributed by atoms with van der Waals surface area (Å²) in [6, 6.07) is 0. The van der Waals surface area contributed by atoms with Crippen LogP contribution in [0.5, 0.6) is 0 Å². The largest absolute Gasteiger partial charge is 0.463 e. The Morgan fingerprint density at radius 2 is 1.27 bits per heavy atom. The van der Waals surface area contributed by atoms with Crippen LogP contribution in [0, 0.1) is 0 Å². The third kappa shape index (κ3) is 9.24. The van der Waals surface area contributed by atoms with Crippen molar-refractivity contribution in [3.8, 4) is 0 Å². The van der Waals surface area contributed by atoms with Crippen LogP contribution in [0.25, 0.3) is 0 Å². The summed E-state index contributed by atoms with van der Waals surface area (Å²) < 4.78 is 48.8. The monoisotopic (exact) mass is 576 g/mol. The lowest BCUT2D eigenvalue weighted by Gasteiger charge is -2.45. The number of hydrogen-bond acceptors (Lipinski definition) is 16. The minimum atomic E-state index is -1.67. The van der Waals surface area contributed by atoms with E-state index < -0.39 is 97.5 Å². The van der Waals surface area contributed by atoms with Gasteiger partial charge in [0.15, 0.2) is 43.1 Å². The van der Waals surface area contributed by atoms with Gasteiger partial charge in [0.1, 0.15) is 24.9 Å². The fourth-order valence-corrected chi connectivity index (χ4v) is 4.19. The van der Waals surface area contributed by atoms with Crippen molar-refractivity contribution in [1.82, 2.24) is 0 Å². The summed E-state index contributed by atoms with van der Waals surface area (Å²) in [5.74, 6) is -4.83. The molecule has 2 aliphatic heterocycles. The molecule has 2 aliphatic rings. The fraction of sp³-hybridized carbons (Fsp3) is 0.708. The molecule has 0 amide bonds. The van der Waals surface area contributed by atoms with Crippen molar-refractivity contribution in [2.24, 2.45) is 0 Å². The quantitative estimate of drug-likeness (QED) is 0.163. The van der Waals surface area contributed by atoms with Crippen molar-refractivity contribution in [1.29, 1.82) is 0 Å². The molecule has 0 radical (unpaired) electrons. The Balaban J connectivity index is 2.55. The molecule has 9 atom stereocenters. The molecule has 0 saturated carbocycles. The van der Waals surface area contributed by atoms with Crippen molar-refractivity contribution in [2.45, 2.75) is 96.7 Å². The molecule has 2 rings (SSSR count). The molecule has 16 nitrogen and oxygen atoms in total. The van der Waals surface area contributed by atoms with Gasteiger partial charge in [0.25, 0.3) is 0 Å². The van der Waals surface area contributed by atoms with Crippen LogP contribution in [-0.2, 0) is 76.2 Å². The second kappa shape index (κ2) is 14.7. The predicted octanol–water partition coefficient (Wildman–Crippen LogP) is -1.08. The summed E-state index contributed by atoms with van der Waals surface area (Å²) in [7, 11) is 0. The smallest absolute Gasteiger partial charge is 0.303 e. The van der Waals surface area contributed by atoms with Crippen LogP contribution in [-0.4, -0.2) is 110 Å². The van der Waals surface area contributed by atoms with Crippen molar-refractivity contribution >= 4 is 42.1 Å². The molecule has 16 heteroatoms. The van der Waals surface area contributed by atoms with E-state index in [4.69, 9.17) is 42.6 Å². The average molecular weight is 577 g/mol. The highest BCUT2D eigenvalue weighted by atomic mass is 16.8. The van der Waals surface area contributed by atoms with Gasteiger partial charge in [-0.2, -0.15) is 0 Å². The molecule has 0 aliphatic carbocycles. The first-order valence-electron chi connectivity index (χ1n) is 12.1. The first-order valence-corrected chi connectivity index (χ1v) is 12.1. The second-order valence-corrected chi connectivity index (χ2v) is 8.82. The van der Waals surface area contributed by atoms with Crippen LogP contribution in [0.3, 0.4) is 0 Å². The Kier molecular flexibility index (Phi) is 11.9. The maximum absolute atomic E-state index is 12.1. The number of aldehydes is 1. The molecule has 0 spiro atoms. The first kappa shape index (κ1) is 32.6. The molecule has 2 heterocycles. The third-order valence-corrected chi connectivity index (χ3v) is 5.46. The van der Waals surface area contributed by atoms with Gasteiger partial charge < -0.3 is 42.6 Å². The van der Waals surface area contributed by atoms with E-state index in [1.165, 1.54) is 0 Å². The number of carbonyl (C=O) groups excluding carboxylic acids is 7. The van der Waals surface area contributed by atoms with Crippen LogP contribution in [0.2, 0.25) is 0 Å². The fourth-order valence-electron chi connectivity index (χ4n) is 4.19. The summed E-state index contributed by atoms with van der Waals surface area (Å²) in [5, 5.41) is 0. The molecular formula is C24H32O16. The van der Waals surface area contributed by atoms with E-state index in [-0.39, 0.29) is 12.9 Å². The van der Waals surface area contributed by atoms with Gasteiger partial charge in [0.05, 0.1) is 6.61 Å². The molecule has 40 heavy (non-hydrogen) atoms. The Hall–Kier alpha value is -3.63. The van der Waals surface area contributed by atoms with E-state index in [9.17, 15) is 33.6 Å². The van der Waals surface area contributed by atoms with Crippen molar-refractivity contribution in [3.05, 3.63) is 0 Å². The van der Waals surface area contributed by atoms with Gasteiger partial charge in [-0.3, -0.25) is 33.6 Å². The van der Waals surface area contributed by atoms with Crippen LogP contribution in [0.15, 0.2) is 0 Å². The highest BCUT2D eigenvalue weighted by Gasteiger charge is 2.56. The summed E-state index contributed by atoms with van der Waals surface area (Å²) in [6.07, 6.45) is -12.6. The average Bonchev–Trinajstić information content (AvgIpc) is 3.20. The highest BCUT2D eigenvalue weighted by Crippen LogP contribution is 2.34. The van der Waals surface area contributed by atoms with E-state index in [0.29, 0.717) is 0 Å². The number of ether oxygens (including phenoxy) is 9. The predicted molar refractivity (Wildman–Crippen MR) is 124 cm³/mol. The lowest BCUT2D eigenvalue weighted by molar-refractivity contribution is -0.323. The molecule has 2 fully saturated rings. The van der Waals surface area contributed by atoms with Gasteiger partial charge in [-0.05, 0) is 0 Å². The van der Waals surface area contributed by atoms with E-state index in [1.807, 2.05) is 0 Å².